The fourth-order valence-electron chi connectivity index (χ4n) is 1.14. The van der Waals surface area contributed by atoms with Crippen molar-refractivity contribution >= 4 is 5.97 Å². The third kappa shape index (κ3) is 3.69. The van der Waals surface area contributed by atoms with Gasteiger partial charge < -0.3 is 9.84 Å². The SMILES string of the molecule is CC(OCc1ccc(F)c(C(=O)O)c1)C(F)(F)F. The monoisotopic (exact) mass is 266 g/mol. The molecule has 0 saturated carbocycles. The Morgan fingerprint density at radius 1 is 1.44 bits per heavy atom. The van der Waals surface area contributed by atoms with E-state index >= 15 is 0 Å². The normalized spacial score (nSPS) is 13.4. The predicted octanol–water partition coefficient (Wildman–Crippen LogP) is 2.99. The third-order valence-electron chi connectivity index (χ3n) is 2.22. The molecular formula is C11H10F4O3. The molecule has 0 aliphatic heterocycles. The quantitative estimate of drug-likeness (QED) is 0.852. The lowest BCUT2D eigenvalue weighted by Crippen LogP contribution is -2.28. The topological polar surface area (TPSA) is 46.5 Å². The van der Waals surface area contributed by atoms with Crippen molar-refractivity contribution in [2.45, 2.75) is 25.8 Å². The van der Waals surface area contributed by atoms with Crippen LogP contribution >= 0.6 is 0 Å². The van der Waals surface area contributed by atoms with Gasteiger partial charge in [0.25, 0.3) is 0 Å². The fourth-order valence-corrected chi connectivity index (χ4v) is 1.14. The summed E-state index contributed by atoms with van der Waals surface area (Å²) in [4.78, 5) is 10.6. The molecule has 0 heterocycles. The number of carboxylic acids is 1. The van der Waals surface area contributed by atoms with Gasteiger partial charge in [-0.15, -0.1) is 0 Å². The van der Waals surface area contributed by atoms with Crippen LogP contribution in [-0.4, -0.2) is 23.4 Å². The lowest BCUT2D eigenvalue weighted by atomic mass is 10.1. The Balaban J connectivity index is 2.75. The first-order valence-corrected chi connectivity index (χ1v) is 4.92. The molecule has 0 aliphatic rings. The van der Waals surface area contributed by atoms with Gasteiger partial charge in [-0.1, -0.05) is 6.07 Å². The molecule has 1 unspecified atom stereocenters. The van der Waals surface area contributed by atoms with E-state index in [1.807, 2.05) is 0 Å². The Kier molecular flexibility index (Phi) is 4.28. The van der Waals surface area contributed by atoms with Crippen molar-refractivity contribution in [2.24, 2.45) is 0 Å². The van der Waals surface area contributed by atoms with E-state index < -0.39 is 36.2 Å². The van der Waals surface area contributed by atoms with Crippen LogP contribution in [0.4, 0.5) is 17.6 Å². The van der Waals surface area contributed by atoms with Crippen LogP contribution in [0.3, 0.4) is 0 Å². The molecular weight excluding hydrogens is 256 g/mol. The number of carboxylic acid groups (broad SMARTS) is 1. The molecule has 1 aromatic rings. The minimum Gasteiger partial charge on any atom is -0.478 e. The van der Waals surface area contributed by atoms with Crippen molar-refractivity contribution in [3.63, 3.8) is 0 Å². The number of aromatic carboxylic acids is 1. The van der Waals surface area contributed by atoms with Gasteiger partial charge in [-0.05, 0) is 24.6 Å². The molecule has 0 spiro atoms. The first-order chi connectivity index (χ1) is 8.21. The van der Waals surface area contributed by atoms with Gasteiger partial charge in [0.15, 0.2) is 6.10 Å². The van der Waals surface area contributed by atoms with E-state index in [0.29, 0.717) is 0 Å². The van der Waals surface area contributed by atoms with Crippen molar-refractivity contribution in [2.75, 3.05) is 0 Å². The number of carbonyl (C=O) groups is 1. The van der Waals surface area contributed by atoms with Gasteiger partial charge >= 0.3 is 12.1 Å². The largest absolute Gasteiger partial charge is 0.478 e. The molecule has 1 N–H and O–H groups in total. The van der Waals surface area contributed by atoms with Crippen molar-refractivity contribution in [1.29, 1.82) is 0 Å². The third-order valence-corrected chi connectivity index (χ3v) is 2.22. The number of benzene rings is 1. The molecule has 0 radical (unpaired) electrons. The van der Waals surface area contributed by atoms with Gasteiger partial charge in [-0.2, -0.15) is 13.2 Å². The minimum atomic E-state index is -4.49. The molecule has 3 nitrogen and oxygen atoms in total. The Labute approximate surface area is 100.0 Å². The summed E-state index contributed by atoms with van der Waals surface area (Å²) in [6.45, 7) is 0.392. The number of alkyl halides is 3. The summed E-state index contributed by atoms with van der Waals surface area (Å²) in [7, 11) is 0. The van der Waals surface area contributed by atoms with E-state index in [4.69, 9.17) is 5.11 Å². The number of rotatable bonds is 4. The number of halogens is 4. The second-order valence-corrected chi connectivity index (χ2v) is 3.61. The molecule has 100 valence electrons. The van der Waals surface area contributed by atoms with Crippen molar-refractivity contribution < 1.29 is 32.2 Å². The second kappa shape index (κ2) is 5.34. The molecule has 0 aliphatic carbocycles. The highest BCUT2D eigenvalue weighted by Gasteiger charge is 2.36. The molecule has 0 saturated heterocycles. The average molecular weight is 266 g/mol. The van der Waals surface area contributed by atoms with Crippen LogP contribution in [-0.2, 0) is 11.3 Å². The molecule has 7 heteroatoms. The first-order valence-electron chi connectivity index (χ1n) is 4.92. The molecule has 0 amide bonds. The van der Waals surface area contributed by atoms with Gasteiger partial charge in [0, 0.05) is 0 Å². The average Bonchev–Trinajstić information content (AvgIpc) is 2.25. The van der Waals surface area contributed by atoms with E-state index in [1.54, 1.807) is 0 Å². The van der Waals surface area contributed by atoms with Crippen LogP contribution in [0.1, 0.15) is 22.8 Å². The maximum absolute atomic E-state index is 13.0. The summed E-state index contributed by atoms with van der Waals surface area (Å²) < 4.78 is 54.0. The molecule has 1 rings (SSSR count). The lowest BCUT2D eigenvalue weighted by molar-refractivity contribution is -0.217. The van der Waals surface area contributed by atoms with Crippen LogP contribution < -0.4 is 0 Å². The highest BCUT2D eigenvalue weighted by molar-refractivity contribution is 5.88. The summed E-state index contributed by atoms with van der Waals surface area (Å²) >= 11 is 0. The van der Waals surface area contributed by atoms with E-state index in [1.165, 1.54) is 6.07 Å². The number of hydrogen-bond acceptors (Lipinski definition) is 2. The van der Waals surface area contributed by atoms with E-state index in [9.17, 15) is 22.4 Å². The highest BCUT2D eigenvalue weighted by Crippen LogP contribution is 2.23. The van der Waals surface area contributed by atoms with E-state index in [2.05, 4.69) is 4.74 Å². The fraction of sp³-hybridized carbons (Fsp3) is 0.364. The van der Waals surface area contributed by atoms with Crippen molar-refractivity contribution in [3.05, 3.63) is 35.1 Å². The predicted molar refractivity (Wildman–Crippen MR) is 53.7 cm³/mol. The standard InChI is InChI=1S/C11H10F4O3/c1-6(11(13,14)15)18-5-7-2-3-9(12)8(4-7)10(16)17/h2-4,6H,5H2,1H3,(H,16,17). The van der Waals surface area contributed by atoms with Gasteiger partial charge in [0.2, 0.25) is 0 Å². The Hall–Kier alpha value is -1.63. The van der Waals surface area contributed by atoms with Gasteiger partial charge in [-0.3, -0.25) is 0 Å². The van der Waals surface area contributed by atoms with Gasteiger partial charge in [0.1, 0.15) is 5.82 Å². The van der Waals surface area contributed by atoms with Crippen LogP contribution in [0.15, 0.2) is 18.2 Å². The Bertz CT molecular complexity index is 442. The maximum atomic E-state index is 13.0. The number of ether oxygens (including phenoxy) is 1. The van der Waals surface area contributed by atoms with E-state index in [-0.39, 0.29) is 5.56 Å². The molecule has 0 fully saturated rings. The first kappa shape index (κ1) is 14.4. The molecule has 18 heavy (non-hydrogen) atoms. The highest BCUT2D eigenvalue weighted by atomic mass is 19.4. The summed E-state index contributed by atoms with van der Waals surface area (Å²) in [5.41, 5.74) is -0.444. The van der Waals surface area contributed by atoms with Crippen molar-refractivity contribution in [3.8, 4) is 0 Å². The zero-order chi connectivity index (χ0) is 13.9. The minimum absolute atomic E-state index is 0.157. The molecule has 1 aromatic carbocycles. The van der Waals surface area contributed by atoms with Crippen molar-refractivity contribution in [1.82, 2.24) is 0 Å². The summed E-state index contributed by atoms with van der Waals surface area (Å²) in [5, 5.41) is 8.64. The van der Waals surface area contributed by atoms with Crippen LogP contribution in [0, 0.1) is 5.82 Å². The molecule has 0 bridgehead atoms. The maximum Gasteiger partial charge on any atom is 0.414 e. The Morgan fingerprint density at radius 3 is 2.56 bits per heavy atom. The smallest absolute Gasteiger partial charge is 0.414 e. The summed E-state index contributed by atoms with van der Waals surface area (Å²) in [5.74, 6) is -2.44. The zero-order valence-electron chi connectivity index (χ0n) is 9.29. The van der Waals surface area contributed by atoms with Crippen LogP contribution in [0.2, 0.25) is 0 Å². The van der Waals surface area contributed by atoms with Gasteiger partial charge in [0.05, 0.1) is 12.2 Å². The summed E-state index contributed by atoms with van der Waals surface area (Å²) in [6, 6.07) is 2.99. The van der Waals surface area contributed by atoms with Crippen LogP contribution in [0.25, 0.3) is 0 Å². The lowest BCUT2D eigenvalue weighted by Gasteiger charge is -2.16. The van der Waals surface area contributed by atoms with E-state index in [0.717, 1.165) is 19.1 Å². The van der Waals surface area contributed by atoms with Crippen LogP contribution in [0.5, 0.6) is 0 Å². The summed E-state index contributed by atoms with van der Waals surface area (Å²) in [6.07, 6.45) is -6.47. The Morgan fingerprint density at radius 2 is 2.06 bits per heavy atom. The number of hydrogen-bond donors (Lipinski definition) is 1. The zero-order valence-corrected chi connectivity index (χ0v) is 9.29. The molecule has 1 atom stereocenters. The second-order valence-electron chi connectivity index (χ2n) is 3.61. The molecule has 0 aromatic heterocycles. The van der Waals surface area contributed by atoms with Gasteiger partial charge in [-0.25, -0.2) is 9.18 Å².